The lowest BCUT2D eigenvalue weighted by atomic mass is 10.0. The minimum atomic E-state index is -1.09. The largest absolute Gasteiger partial charge is 0.496 e. The van der Waals surface area contributed by atoms with Crippen molar-refractivity contribution in [1.82, 2.24) is 4.90 Å². The van der Waals surface area contributed by atoms with Crippen molar-refractivity contribution in [3.8, 4) is 11.5 Å². The molecule has 1 fully saturated rings. The number of methoxy groups -OCH3 is 1. The van der Waals surface area contributed by atoms with E-state index in [0.717, 1.165) is 15.2 Å². The SMILES string of the molecule is COc1ccc2c(C=C3SC(=S)N(C)C3=O)c(OCC(=O)O)ccc2c1Br. The Labute approximate surface area is 173 Å². The van der Waals surface area contributed by atoms with Gasteiger partial charge in [0.25, 0.3) is 5.91 Å². The molecule has 1 saturated heterocycles. The zero-order chi connectivity index (χ0) is 19.7. The zero-order valence-corrected chi connectivity index (χ0v) is 17.5. The zero-order valence-electron chi connectivity index (χ0n) is 14.3. The van der Waals surface area contributed by atoms with Crippen molar-refractivity contribution in [2.75, 3.05) is 20.8 Å². The maximum Gasteiger partial charge on any atom is 0.341 e. The number of nitrogens with zero attached hydrogens (tertiary/aromatic N) is 1. The van der Waals surface area contributed by atoms with Crippen molar-refractivity contribution in [1.29, 1.82) is 0 Å². The maximum absolute atomic E-state index is 12.4. The summed E-state index contributed by atoms with van der Waals surface area (Å²) in [6.45, 7) is -0.488. The van der Waals surface area contributed by atoms with Gasteiger partial charge in [0.15, 0.2) is 6.61 Å². The number of halogens is 1. The molecule has 1 amide bonds. The van der Waals surface area contributed by atoms with Crippen LogP contribution in [-0.4, -0.2) is 47.0 Å². The number of carbonyl (C=O) groups excluding carboxylic acids is 1. The molecule has 1 N–H and O–H groups in total. The second-order valence-electron chi connectivity index (χ2n) is 5.58. The number of carbonyl (C=O) groups is 2. The molecule has 9 heteroatoms. The van der Waals surface area contributed by atoms with Gasteiger partial charge >= 0.3 is 5.97 Å². The number of ether oxygens (including phenoxy) is 2. The molecule has 0 aliphatic carbocycles. The van der Waals surface area contributed by atoms with Crippen LogP contribution in [0.4, 0.5) is 0 Å². The van der Waals surface area contributed by atoms with Crippen molar-refractivity contribution < 1.29 is 24.2 Å². The molecule has 0 spiro atoms. The second kappa shape index (κ2) is 7.87. The van der Waals surface area contributed by atoms with Gasteiger partial charge in [0.2, 0.25) is 0 Å². The van der Waals surface area contributed by atoms with E-state index in [1.807, 2.05) is 12.1 Å². The third-order valence-corrected chi connectivity index (χ3v) is 6.24. The summed E-state index contributed by atoms with van der Waals surface area (Å²) < 4.78 is 12.0. The molecule has 0 saturated carbocycles. The standard InChI is InChI=1S/C18H14BrNO5S2/c1-20-17(23)14(27-18(20)26)7-11-9-3-6-13(24-2)16(19)10(9)4-5-12(11)25-8-15(21)22/h3-7H,8H2,1-2H3,(H,21,22). The third kappa shape index (κ3) is 3.80. The number of amides is 1. The molecular weight excluding hydrogens is 454 g/mol. The lowest BCUT2D eigenvalue weighted by Gasteiger charge is -2.13. The van der Waals surface area contributed by atoms with E-state index in [1.54, 1.807) is 32.4 Å². The summed E-state index contributed by atoms with van der Waals surface area (Å²) in [5.41, 5.74) is 0.603. The van der Waals surface area contributed by atoms with Gasteiger partial charge in [-0.1, -0.05) is 24.0 Å². The van der Waals surface area contributed by atoms with Crippen LogP contribution in [0.25, 0.3) is 16.8 Å². The van der Waals surface area contributed by atoms with Crippen LogP contribution >= 0.6 is 39.9 Å². The second-order valence-corrected chi connectivity index (χ2v) is 8.05. The van der Waals surface area contributed by atoms with Crippen LogP contribution < -0.4 is 9.47 Å². The summed E-state index contributed by atoms with van der Waals surface area (Å²) in [5.74, 6) is -0.272. The maximum atomic E-state index is 12.4. The van der Waals surface area contributed by atoms with Gasteiger partial charge in [0.05, 0.1) is 16.5 Å². The highest BCUT2D eigenvalue weighted by atomic mass is 79.9. The smallest absolute Gasteiger partial charge is 0.341 e. The summed E-state index contributed by atoms with van der Waals surface area (Å²) in [6.07, 6.45) is 1.68. The quantitative estimate of drug-likeness (QED) is 0.527. The minimum absolute atomic E-state index is 0.209. The summed E-state index contributed by atoms with van der Waals surface area (Å²) in [7, 11) is 3.19. The van der Waals surface area contributed by atoms with Crippen molar-refractivity contribution in [3.05, 3.63) is 39.2 Å². The lowest BCUT2D eigenvalue weighted by molar-refractivity contribution is -0.139. The van der Waals surface area contributed by atoms with E-state index in [2.05, 4.69) is 15.9 Å². The van der Waals surface area contributed by atoms with Gasteiger partial charge in [-0.3, -0.25) is 9.69 Å². The van der Waals surface area contributed by atoms with Crippen LogP contribution in [0.2, 0.25) is 0 Å². The minimum Gasteiger partial charge on any atom is -0.496 e. The molecule has 0 bridgehead atoms. The van der Waals surface area contributed by atoms with E-state index in [4.69, 9.17) is 26.8 Å². The van der Waals surface area contributed by atoms with E-state index in [1.165, 1.54) is 16.7 Å². The third-order valence-electron chi connectivity index (χ3n) is 3.93. The first kappa shape index (κ1) is 19.7. The summed E-state index contributed by atoms with van der Waals surface area (Å²) in [6, 6.07) is 7.11. The van der Waals surface area contributed by atoms with Crippen LogP contribution in [0, 0.1) is 0 Å². The molecular formula is C18H14BrNO5S2. The number of carboxylic acid groups (broad SMARTS) is 1. The van der Waals surface area contributed by atoms with Crippen LogP contribution in [0.3, 0.4) is 0 Å². The van der Waals surface area contributed by atoms with E-state index in [-0.39, 0.29) is 5.91 Å². The van der Waals surface area contributed by atoms with Crippen LogP contribution in [-0.2, 0) is 9.59 Å². The first-order valence-electron chi connectivity index (χ1n) is 7.69. The van der Waals surface area contributed by atoms with E-state index in [9.17, 15) is 9.59 Å². The molecule has 6 nitrogen and oxygen atoms in total. The lowest BCUT2D eigenvalue weighted by Crippen LogP contribution is -2.22. The van der Waals surface area contributed by atoms with Gasteiger partial charge in [0.1, 0.15) is 15.8 Å². The fraction of sp³-hybridized carbons (Fsp3) is 0.167. The van der Waals surface area contributed by atoms with Gasteiger partial charge in [-0.15, -0.1) is 0 Å². The number of rotatable bonds is 5. The van der Waals surface area contributed by atoms with Crippen molar-refractivity contribution in [2.45, 2.75) is 0 Å². The van der Waals surface area contributed by atoms with Gasteiger partial charge in [-0.2, -0.15) is 0 Å². The van der Waals surface area contributed by atoms with Crippen LogP contribution in [0.1, 0.15) is 5.56 Å². The Morgan fingerprint density at radius 1 is 1.30 bits per heavy atom. The average molecular weight is 468 g/mol. The number of hydrogen-bond donors (Lipinski definition) is 1. The van der Waals surface area contributed by atoms with Gasteiger partial charge in [-0.05, 0) is 51.7 Å². The Bertz CT molecular complexity index is 1000. The molecule has 3 rings (SSSR count). The number of hydrogen-bond acceptors (Lipinski definition) is 6. The van der Waals surface area contributed by atoms with E-state index >= 15 is 0 Å². The van der Waals surface area contributed by atoms with E-state index < -0.39 is 12.6 Å². The van der Waals surface area contributed by atoms with Gasteiger partial charge in [0, 0.05) is 18.0 Å². The number of likely N-dealkylation sites (N-methyl/N-ethyl adjacent to an activating group) is 1. The molecule has 0 atom stereocenters. The first-order chi connectivity index (χ1) is 12.8. The molecule has 140 valence electrons. The number of aliphatic carboxylic acids is 1. The normalized spacial score (nSPS) is 15.7. The Kier molecular flexibility index (Phi) is 5.73. The fourth-order valence-corrected chi connectivity index (χ4v) is 4.40. The fourth-order valence-electron chi connectivity index (χ4n) is 2.60. The Balaban J connectivity index is 2.21. The highest BCUT2D eigenvalue weighted by molar-refractivity contribution is 9.10. The average Bonchev–Trinajstić information content (AvgIpc) is 2.88. The summed E-state index contributed by atoms with van der Waals surface area (Å²) in [4.78, 5) is 25.2. The van der Waals surface area contributed by atoms with Crippen molar-refractivity contribution in [2.24, 2.45) is 0 Å². The number of fused-ring (bicyclic) bond motifs is 1. The Morgan fingerprint density at radius 2 is 1.96 bits per heavy atom. The molecule has 27 heavy (non-hydrogen) atoms. The predicted octanol–water partition coefficient (Wildman–Crippen LogP) is 3.91. The number of thiocarbonyl (C=S) groups is 1. The van der Waals surface area contributed by atoms with Crippen LogP contribution in [0.5, 0.6) is 11.5 Å². The molecule has 0 radical (unpaired) electrons. The number of thioether (sulfide) groups is 1. The monoisotopic (exact) mass is 467 g/mol. The molecule has 2 aromatic carbocycles. The molecule has 1 heterocycles. The Hall–Kier alpha value is -2.10. The molecule has 0 unspecified atom stereocenters. The molecule has 1 aliphatic rings. The van der Waals surface area contributed by atoms with Crippen molar-refractivity contribution in [3.63, 3.8) is 0 Å². The summed E-state index contributed by atoms with van der Waals surface area (Å²) >= 11 is 9.89. The highest BCUT2D eigenvalue weighted by Crippen LogP contribution is 2.40. The molecule has 0 aromatic heterocycles. The van der Waals surface area contributed by atoms with Gasteiger partial charge < -0.3 is 14.6 Å². The predicted molar refractivity (Wildman–Crippen MR) is 112 cm³/mol. The number of benzene rings is 2. The topological polar surface area (TPSA) is 76.1 Å². The van der Waals surface area contributed by atoms with Crippen LogP contribution in [0.15, 0.2) is 33.6 Å². The molecule has 1 aliphatic heterocycles. The molecule has 2 aromatic rings. The Morgan fingerprint density at radius 3 is 2.56 bits per heavy atom. The highest BCUT2D eigenvalue weighted by Gasteiger charge is 2.29. The number of carboxylic acids is 1. The van der Waals surface area contributed by atoms with E-state index in [0.29, 0.717) is 26.3 Å². The van der Waals surface area contributed by atoms with Gasteiger partial charge in [-0.25, -0.2) is 4.79 Å². The first-order valence-corrected chi connectivity index (χ1v) is 9.70. The summed E-state index contributed by atoms with van der Waals surface area (Å²) in [5, 5.41) is 10.6. The van der Waals surface area contributed by atoms with Crippen molar-refractivity contribution >= 4 is 73.0 Å².